The highest BCUT2D eigenvalue weighted by Crippen LogP contribution is 2.37. The smallest absolute Gasteiger partial charge is 0.409 e. The second-order valence-corrected chi connectivity index (χ2v) is 8.78. The van der Waals surface area contributed by atoms with Crippen molar-refractivity contribution in [1.29, 1.82) is 5.41 Å². The van der Waals surface area contributed by atoms with Gasteiger partial charge in [-0.1, -0.05) is 24.6 Å². The number of anilines is 2. The molecule has 4 rings (SSSR count). The van der Waals surface area contributed by atoms with Crippen molar-refractivity contribution in [2.45, 2.75) is 32.1 Å². The summed E-state index contributed by atoms with van der Waals surface area (Å²) < 4.78 is 11.0. The molecule has 9 heteroatoms. The average molecular weight is 467 g/mol. The first-order valence-electron chi connectivity index (χ1n) is 11.6. The molecule has 9 nitrogen and oxygen atoms in total. The molecule has 0 unspecified atom stereocenters. The summed E-state index contributed by atoms with van der Waals surface area (Å²) in [6.07, 6.45) is 4.12. The Kier molecular flexibility index (Phi) is 7.30. The molecular formula is C25H30N4O5. The van der Waals surface area contributed by atoms with Crippen molar-refractivity contribution in [3.05, 3.63) is 47.7 Å². The highest BCUT2D eigenvalue weighted by atomic mass is 16.5. The molecule has 2 aromatic rings. The van der Waals surface area contributed by atoms with Crippen LogP contribution < -0.4 is 10.1 Å². The van der Waals surface area contributed by atoms with E-state index in [1.54, 1.807) is 4.90 Å². The first-order valence-corrected chi connectivity index (χ1v) is 11.6. The molecule has 1 aromatic heterocycles. The number of nitrogens with zero attached hydrogens (tertiary/aromatic N) is 2. The molecule has 0 spiro atoms. The first-order chi connectivity index (χ1) is 16.5. The number of rotatable bonds is 8. The minimum absolute atomic E-state index is 0.111. The molecule has 2 heterocycles. The number of para-hydroxylation sites is 1. The lowest BCUT2D eigenvalue weighted by molar-refractivity contribution is 0.0690. The molecule has 34 heavy (non-hydrogen) atoms. The number of likely N-dealkylation sites (tertiary alicyclic amines) is 1. The summed E-state index contributed by atoms with van der Waals surface area (Å²) in [6.45, 7) is 1.54. The van der Waals surface area contributed by atoms with Gasteiger partial charge >= 0.3 is 12.1 Å². The number of hydrogen-bond acceptors (Lipinski definition) is 7. The number of nitrogens with one attached hydrogen (secondary N) is 2. The maximum absolute atomic E-state index is 11.8. The fourth-order valence-electron chi connectivity index (χ4n) is 4.27. The van der Waals surface area contributed by atoms with Crippen LogP contribution in [-0.4, -0.2) is 59.6 Å². The van der Waals surface area contributed by atoms with Crippen LogP contribution in [0.25, 0.3) is 0 Å². The number of benzene rings is 1. The van der Waals surface area contributed by atoms with Crippen molar-refractivity contribution in [3.8, 4) is 5.75 Å². The zero-order chi connectivity index (χ0) is 24.1. The third kappa shape index (κ3) is 5.30. The Labute approximate surface area is 198 Å². The van der Waals surface area contributed by atoms with Gasteiger partial charge in [0.25, 0.3) is 0 Å². The fourth-order valence-corrected chi connectivity index (χ4v) is 4.27. The van der Waals surface area contributed by atoms with Crippen molar-refractivity contribution in [3.63, 3.8) is 0 Å². The molecule has 1 aliphatic carbocycles. The summed E-state index contributed by atoms with van der Waals surface area (Å²) in [5.74, 6) is -0.163. The van der Waals surface area contributed by atoms with E-state index in [9.17, 15) is 14.7 Å². The van der Waals surface area contributed by atoms with E-state index < -0.39 is 5.97 Å². The van der Waals surface area contributed by atoms with Crippen LogP contribution in [0.15, 0.2) is 36.4 Å². The molecule has 180 valence electrons. The lowest BCUT2D eigenvalue weighted by Gasteiger charge is -2.31. The Morgan fingerprint density at radius 1 is 1.18 bits per heavy atom. The van der Waals surface area contributed by atoms with Gasteiger partial charge in [0, 0.05) is 36.5 Å². The number of methoxy groups -OCH3 is 1. The molecule has 0 radical (unpaired) electrons. The molecule has 2 aliphatic rings. The Balaban J connectivity index is 1.60. The third-order valence-corrected chi connectivity index (χ3v) is 6.54. The zero-order valence-corrected chi connectivity index (χ0v) is 19.3. The molecule has 2 fully saturated rings. The zero-order valence-electron chi connectivity index (χ0n) is 19.3. The van der Waals surface area contributed by atoms with Gasteiger partial charge in [0.1, 0.15) is 11.6 Å². The molecule has 0 bridgehead atoms. The molecule has 1 amide bonds. The number of aromatic carboxylic acids is 1. The van der Waals surface area contributed by atoms with Crippen LogP contribution in [0.2, 0.25) is 0 Å². The highest BCUT2D eigenvalue weighted by Gasteiger charge is 2.30. The summed E-state index contributed by atoms with van der Waals surface area (Å²) in [4.78, 5) is 29.6. The van der Waals surface area contributed by atoms with Gasteiger partial charge in [0.05, 0.1) is 19.3 Å². The van der Waals surface area contributed by atoms with E-state index in [1.165, 1.54) is 13.2 Å². The number of piperidine rings is 1. The molecular weight excluding hydrogens is 436 g/mol. The summed E-state index contributed by atoms with van der Waals surface area (Å²) >= 11 is 0. The van der Waals surface area contributed by atoms with E-state index in [1.807, 2.05) is 30.3 Å². The van der Waals surface area contributed by atoms with Gasteiger partial charge in [0.2, 0.25) is 0 Å². The lowest BCUT2D eigenvalue weighted by atomic mass is 9.79. The monoisotopic (exact) mass is 466 g/mol. The molecule has 1 aliphatic heterocycles. The van der Waals surface area contributed by atoms with Crippen molar-refractivity contribution in [1.82, 2.24) is 9.88 Å². The van der Waals surface area contributed by atoms with Gasteiger partial charge in [-0.3, -0.25) is 0 Å². The maximum Gasteiger partial charge on any atom is 0.409 e. The summed E-state index contributed by atoms with van der Waals surface area (Å²) in [5, 5.41) is 21.7. The second kappa shape index (κ2) is 10.5. The van der Waals surface area contributed by atoms with E-state index in [2.05, 4.69) is 10.3 Å². The number of carbonyl (C=O) groups is 2. The third-order valence-electron chi connectivity index (χ3n) is 6.54. The number of ether oxygens (including phenoxy) is 2. The van der Waals surface area contributed by atoms with E-state index in [-0.39, 0.29) is 23.6 Å². The Hall–Kier alpha value is -3.62. The van der Waals surface area contributed by atoms with Crippen LogP contribution in [0.4, 0.5) is 16.3 Å². The minimum Gasteiger partial charge on any atom is -0.492 e. The number of carbonyl (C=O) groups excluding carboxylic acids is 1. The van der Waals surface area contributed by atoms with Crippen molar-refractivity contribution >= 4 is 29.3 Å². The summed E-state index contributed by atoms with van der Waals surface area (Å²) in [5.41, 5.74) is 1.55. The van der Waals surface area contributed by atoms with Gasteiger partial charge in [0.15, 0.2) is 5.69 Å². The van der Waals surface area contributed by atoms with Crippen LogP contribution in [0, 0.1) is 17.2 Å². The number of pyridine rings is 1. The number of amides is 1. The Morgan fingerprint density at radius 3 is 2.47 bits per heavy atom. The predicted molar refractivity (Wildman–Crippen MR) is 127 cm³/mol. The van der Waals surface area contributed by atoms with Crippen LogP contribution in [0.1, 0.15) is 48.2 Å². The van der Waals surface area contributed by atoms with Gasteiger partial charge in [-0.05, 0) is 43.7 Å². The van der Waals surface area contributed by atoms with Gasteiger partial charge < -0.3 is 30.2 Å². The standard InChI is InChI=1S/C25H30N4O5/c1-33-25(32)29-12-10-16(11-13-29)15-34-20-14-19(24(30)31)28-23(27-18-8-3-2-4-9-18)21(20)22(26)17-6-5-7-17/h2-4,8-9,14,16-17,26H,5-7,10-13,15H2,1H3,(H,27,28)(H,30,31). The fraction of sp³-hybridized carbons (Fsp3) is 0.440. The van der Waals surface area contributed by atoms with E-state index in [4.69, 9.17) is 14.9 Å². The minimum atomic E-state index is -1.16. The second-order valence-electron chi connectivity index (χ2n) is 8.78. The first kappa shape index (κ1) is 23.5. The Bertz CT molecular complexity index is 1050. The SMILES string of the molecule is COC(=O)N1CCC(COc2cc(C(=O)O)nc(Nc3ccccc3)c2C(=N)C2CCC2)CC1. The number of aromatic nitrogens is 1. The topological polar surface area (TPSA) is 125 Å². The van der Waals surface area contributed by atoms with Crippen molar-refractivity contribution in [2.24, 2.45) is 11.8 Å². The quantitative estimate of drug-likeness (QED) is 0.488. The van der Waals surface area contributed by atoms with E-state index in [0.717, 1.165) is 37.8 Å². The molecule has 0 atom stereocenters. The van der Waals surface area contributed by atoms with Crippen LogP contribution in [-0.2, 0) is 4.74 Å². The van der Waals surface area contributed by atoms with Gasteiger partial charge in [-0.15, -0.1) is 0 Å². The van der Waals surface area contributed by atoms with Crippen LogP contribution in [0.3, 0.4) is 0 Å². The predicted octanol–water partition coefficient (Wildman–Crippen LogP) is 4.55. The van der Waals surface area contributed by atoms with Crippen molar-refractivity contribution in [2.75, 3.05) is 32.1 Å². The number of carboxylic acids is 1. The molecule has 3 N–H and O–H groups in total. The lowest BCUT2D eigenvalue weighted by Crippen LogP contribution is -2.39. The van der Waals surface area contributed by atoms with Gasteiger partial charge in [-0.2, -0.15) is 0 Å². The Morgan fingerprint density at radius 2 is 1.88 bits per heavy atom. The molecule has 1 aromatic carbocycles. The molecule has 1 saturated carbocycles. The maximum atomic E-state index is 11.8. The van der Waals surface area contributed by atoms with Gasteiger partial charge in [-0.25, -0.2) is 14.6 Å². The van der Waals surface area contributed by atoms with Crippen molar-refractivity contribution < 1.29 is 24.2 Å². The normalized spacial score (nSPS) is 16.4. The number of hydrogen-bond donors (Lipinski definition) is 3. The van der Waals surface area contributed by atoms with E-state index in [0.29, 0.717) is 42.5 Å². The largest absolute Gasteiger partial charge is 0.492 e. The number of carboxylic acid groups (broad SMARTS) is 1. The summed E-state index contributed by atoms with van der Waals surface area (Å²) in [7, 11) is 1.38. The van der Waals surface area contributed by atoms with E-state index >= 15 is 0 Å². The summed E-state index contributed by atoms with van der Waals surface area (Å²) in [6, 6.07) is 10.8. The molecule has 1 saturated heterocycles. The van der Waals surface area contributed by atoms with Crippen LogP contribution >= 0.6 is 0 Å². The highest BCUT2D eigenvalue weighted by molar-refractivity contribution is 6.07. The average Bonchev–Trinajstić information content (AvgIpc) is 2.81. The van der Waals surface area contributed by atoms with Crippen LogP contribution in [0.5, 0.6) is 5.75 Å².